The van der Waals surface area contributed by atoms with Crippen LogP contribution in [-0.2, 0) is 11.3 Å². The number of benzene rings is 4. The number of aromatic nitrogens is 1. The summed E-state index contributed by atoms with van der Waals surface area (Å²) in [7, 11) is 1.58. The summed E-state index contributed by atoms with van der Waals surface area (Å²) in [6.45, 7) is 4.22. The molecule has 1 saturated heterocycles. The summed E-state index contributed by atoms with van der Waals surface area (Å²) in [5.74, 6) is 0.552. The smallest absolute Gasteiger partial charge is 0.323 e. The zero-order valence-electron chi connectivity index (χ0n) is 23.5. The zero-order valence-corrected chi connectivity index (χ0v) is 23.5. The van der Waals surface area contributed by atoms with Crippen LogP contribution < -0.4 is 20.7 Å². The second-order valence-corrected chi connectivity index (χ2v) is 10.1. The van der Waals surface area contributed by atoms with Crippen molar-refractivity contribution in [2.75, 3.05) is 49.4 Å². The molecule has 3 N–H and O–H groups in total. The van der Waals surface area contributed by atoms with Crippen LogP contribution >= 0.6 is 0 Å². The molecule has 8 heteroatoms. The number of pyridine rings is 1. The molecule has 0 saturated carbocycles. The highest BCUT2D eigenvalue weighted by molar-refractivity contribution is 6.10. The molecule has 2 amide bonds. The molecule has 2 heterocycles. The van der Waals surface area contributed by atoms with Gasteiger partial charge in [0.25, 0.3) is 0 Å². The van der Waals surface area contributed by atoms with E-state index in [0.717, 1.165) is 71.8 Å². The van der Waals surface area contributed by atoms with Gasteiger partial charge in [-0.25, -0.2) is 4.79 Å². The number of hydrogen-bond acceptors (Lipinski definition) is 6. The van der Waals surface area contributed by atoms with Crippen molar-refractivity contribution < 1.29 is 14.3 Å². The SMILES string of the molecule is COc1cc(Nc2ccccc2)ccc1NC(=O)Nc1ccc(-c2ccc(CN3CCOCC3)nc2)c2ccccc12. The summed E-state index contributed by atoms with van der Waals surface area (Å²) in [6.07, 6.45) is 1.93. The van der Waals surface area contributed by atoms with Crippen molar-refractivity contribution in [3.8, 4) is 16.9 Å². The Kier molecular flexibility index (Phi) is 8.26. The van der Waals surface area contributed by atoms with Gasteiger partial charge in [-0.15, -0.1) is 0 Å². The highest BCUT2D eigenvalue weighted by Crippen LogP contribution is 2.34. The number of hydrogen-bond donors (Lipinski definition) is 3. The first-order valence-corrected chi connectivity index (χ1v) is 14.0. The topological polar surface area (TPSA) is 87.8 Å². The molecule has 42 heavy (non-hydrogen) atoms. The number of ether oxygens (including phenoxy) is 2. The third kappa shape index (κ3) is 6.35. The van der Waals surface area contributed by atoms with Crippen molar-refractivity contribution in [2.45, 2.75) is 6.54 Å². The van der Waals surface area contributed by atoms with Gasteiger partial charge in [-0.1, -0.05) is 54.6 Å². The maximum Gasteiger partial charge on any atom is 0.323 e. The third-order valence-electron chi connectivity index (χ3n) is 7.31. The number of carbonyl (C=O) groups is 1. The molecule has 0 spiro atoms. The Balaban J connectivity index is 1.17. The summed E-state index contributed by atoms with van der Waals surface area (Å²) in [5, 5.41) is 11.3. The van der Waals surface area contributed by atoms with Crippen molar-refractivity contribution in [3.05, 3.63) is 109 Å². The van der Waals surface area contributed by atoms with Gasteiger partial charge in [0.2, 0.25) is 0 Å². The molecule has 4 aromatic carbocycles. The van der Waals surface area contributed by atoms with E-state index in [1.807, 2.05) is 85.1 Å². The molecule has 1 aliphatic heterocycles. The number of rotatable bonds is 8. The minimum atomic E-state index is -0.357. The molecule has 1 fully saturated rings. The maximum absolute atomic E-state index is 13.1. The summed E-state index contributed by atoms with van der Waals surface area (Å²) in [4.78, 5) is 20.2. The third-order valence-corrected chi connectivity index (χ3v) is 7.31. The Morgan fingerprint density at radius 3 is 2.33 bits per heavy atom. The maximum atomic E-state index is 13.1. The first kappa shape index (κ1) is 27.3. The average Bonchev–Trinajstić information content (AvgIpc) is 3.03. The first-order chi connectivity index (χ1) is 20.7. The lowest BCUT2D eigenvalue weighted by Gasteiger charge is -2.26. The van der Waals surface area contributed by atoms with Crippen LogP contribution in [0.15, 0.2) is 103 Å². The fourth-order valence-corrected chi connectivity index (χ4v) is 5.16. The van der Waals surface area contributed by atoms with Gasteiger partial charge in [0.15, 0.2) is 0 Å². The Morgan fingerprint density at radius 2 is 1.57 bits per heavy atom. The van der Waals surface area contributed by atoms with E-state index in [9.17, 15) is 4.79 Å². The number of nitrogens with one attached hydrogen (secondary N) is 3. The lowest BCUT2D eigenvalue weighted by Crippen LogP contribution is -2.35. The Labute approximate surface area is 245 Å². The number of carbonyl (C=O) groups excluding carboxylic acids is 1. The fraction of sp³-hybridized carbons (Fsp3) is 0.176. The first-order valence-electron chi connectivity index (χ1n) is 14.0. The minimum absolute atomic E-state index is 0.357. The van der Waals surface area contributed by atoms with E-state index in [4.69, 9.17) is 14.5 Å². The van der Waals surface area contributed by atoms with Crippen LogP contribution in [-0.4, -0.2) is 49.3 Å². The van der Waals surface area contributed by atoms with E-state index >= 15 is 0 Å². The number of morpholine rings is 1. The van der Waals surface area contributed by atoms with Gasteiger partial charge in [0.05, 0.1) is 37.4 Å². The van der Waals surface area contributed by atoms with Gasteiger partial charge in [0, 0.05) is 54.2 Å². The second kappa shape index (κ2) is 12.7. The number of fused-ring (bicyclic) bond motifs is 1. The second-order valence-electron chi connectivity index (χ2n) is 10.1. The molecule has 0 radical (unpaired) electrons. The molecule has 212 valence electrons. The van der Waals surface area contributed by atoms with E-state index < -0.39 is 0 Å². The molecule has 1 aromatic heterocycles. The van der Waals surface area contributed by atoms with Crippen molar-refractivity contribution in [1.29, 1.82) is 0 Å². The molecular weight excluding hydrogens is 526 g/mol. The molecule has 1 aliphatic rings. The molecule has 0 unspecified atom stereocenters. The van der Waals surface area contributed by atoms with Crippen molar-refractivity contribution in [1.82, 2.24) is 9.88 Å². The molecule has 0 atom stereocenters. The van der Waals surface area contributed by atoms with E-state index in [-0.39, 0.29) is 6.03 Å². The quantitative estimate of drug-likeness (QED) is 0.187. The summed E-state index contributed by atoms with van der Waals surface area (Å²) in [5.41, 5.74) is 6.23. The standard InChI is InChI=1S/C34H33N5O3/c1-41-33-21-26(36-25-7-3-2-4-8-25)13-15-32(33)38-34(40)37-31-16-14-28(29-9-5-6-10-30(29)31)24-11-12-27(35-22-24)23-39-17-19-42-20-18-39/h2-16,21-22,36H,17-20,23H2,1H3,(H2,37,38,40). The van der Waals surface area contributed by atoms with Crippen molar-refractivity contribution >= 4 is 39.6 Å². The van der Waals surface area contributed by atoms with Gasteiger partial charge in [0.1, 0.15) is 5.75 Å². The summed E-state index contributed by atoms with van der Waals surface area (Å²) < 4.78 is 11.0. The van der Waals surface area contributed by atoms with Crippen LogP contribution in [0.1, 0.15) is 5.69 Å². The molecule has 0 bridgehead atoms. The largest absolute Gasteiger partial charge is 0.494 e. The van der Waals surface area contributed by atoms with Gasteiger partial charge in [-0.05, 0) is 47.3 Å². The van der Waals surface area contributed by atoms with Crippen LogP contribution in [0.3, 0.4) is 0 Å². The molecule has 8 nitrogen and oxygen atoms in total. The average molecular weight is 560 g/mol. The zero-order chi connectivity index (χ0) is 28.7. The number of urea groups is 1. The monoisotopic (exact) mass is 559 g/mol. The molecular formula is C34H33N5O3. The Hall–Kier alpha value is -4.92. The van der Waals surface area contributed by atoms with Crippen LogP contribution in [0.4, 0.5) is 27.5 Å². The highest BCUT2D eigenvalue weighted by atomic mass is 16.5. The van der Waals surface area contributed by atoms with Crippen LogP contribution in [0.25, 0.3) is 21.9 Å². The number of para-hydroxylation sites is 1. The van der Waals surface area contributed by atoms with Crippen LogP contribution in [0.2, 0.25) is 0 Å². The van der Waals surface area contributed by atoms with Gasteiger partial charge in [-0.3, -0.25) is 9.88 Å². The number of methoxy groups -OCH3 is 1. The molecule has 0 aliphatic carbocycles. The normalized spacial score (nSPS) is 13.5. The predicted octanol–water partition coefficient (Wildman–Crippen LogP) is 7.13. The molecule has 6 rings (SSSR count). The number of anilines is 4. The van der Waals surface area contributed by atoms with E-state index in [1.165, 1.54) is 0 Å². The predicted molar refractivity (Wildman–Crippen MR) is 169 cm³/mol. The van der Waals surface area contributed by atoms with Crippen LogP contribution in [0.5, 0.6) is 5.75 Å². The van der Waals surface area contributed by atoms with E-state index in [0.29, 0.717) is 17.1 Å². The summed E-state index contributed by atoms with van der Waals surface area (Å²) >= 11 is 0. The van der Waals surface area contributed by atoms with Gasteiger partial charge in [-0.2, -0.15) is 0 Å². The van der Waals surface area contributed by atoms with E-state index in [2.05, 4.69) is 39.0 Å². The van der Waals surface area contributed by atoms with E-state index in [1.54, 1.807) is 7.11 Å². The Bertz CT molecular complexity index is 1670. The summed E-state index contributed by atoms with van der Waals surface area (Å²) in [6, 6.07) is 31.3. The molecule has 5 aromatic rings. The van der Waals surface area contributed by atoms with Gasteiger partial charge >= 0.3 is 6.03 Å². The van der Waals surface area contributed by atoms with Crippen LogP contribution in [0, 0.1) is 0 Å². The van der Waals surface area contributed by atoms with Crippen molar-refractivity contribution in [2.24, 2.45) is 0 Å². The number of nitrogens with zero attached hydrogens (tertiary/aromatic N) is 2. The fourth-order valence-electron chi connectivity index (χ4n) is 5.16. The highest BCUT2D eigenvalue weighted by Gasteiger charge is 2.14. The minimum Gasteiger partial charge on any atom is -0.494 e. The lowest BCUT2D eigenvalue weighted by molar-refractivity contribution is 0.0336. The van der Waals surface area contributed by atoms with Gasteiger partial charge < -0.3 is 25.4 Å². The number of amides is 2. The van der Waals surface area contributed by atoms with Crippen molar-refractivity contribution in [3.63, 3.8) is 0 Å². The Morgan fingerprint density at radius 1 is 0.833 bits per heavy atom. The lowest BCUT2D eigenvalue weighted by atomic mass is 9.98.